The lowest BCUT2D eigenvalue weighted by molar-refractivity contribution is 0.327. The van der Waals surface area contributed by atoms with Gasteiger partial charge in [0.15, 0.2) is 0 Å². The number of aromatic nitrogens is 2. The van der Waals surface area contributed by atoms with E-state index in [1.165, 1.54) is 32.1 Å². The standard InChI is InChI=1S/C17H30N4/c1-4-8-15-20-16(18-6-3)12-17(21-15)19-14-10-7-9-13(5-2)11-14/h12-14H,4-11H2,1-3H3,(H2,18,19,20,21). The lowest BCUT2D eigenvalue weighted by atomic mass is 9.84. The van der Waals surface area contributed by atoms with Gasteiger partial charge in [-0.2, -0.15) is 0 Å². The second kappa shape index (κ2) is 8.20. The first-order valence-corrected chi connectivity index (χ1v) is 8.63. The maximum absolute atomic E-state index is 4.69. The molecular formula is C17H30N4. The molecule has 1 aromatic heterocycles. The Bertz CT molecular complexity index is 409. The topological polar surface area (TPSA) is 49.8 Å². The molecule has 2 N–H and O–H groups in total. The molecule has 1 saturated carbocycles. The van der Waals surface area contributed by atoms with Crippen molar-refractivity contribution >= 4 is 11.6 Å². The summed E-state index contributed by atoms with van der Waals surface area (Å²) in [6, 6.07) is 2.63. The van der Waals surface area contributed by atoms with Gasteiger partial charge in [-0.15, -0.1) is 0 Å². The monoisotopic (exact) mass is 290 g/mol. The van der Waals surface area contributed by atoms with E-state index >= 15 is 0 Å². The fourth-order valence-corrected chi connectivity index (χ4v) is 3.18. The zero-order chi connectivity index (χ0) is 15.1. The molecule has 0 aliphatic heterocycles. The molecule has 1 aromatic rings. The van der Waals surface area contributed by atoms with Crippen molar-refractivity contribution in [2.24, 2.45) is 5.92 Å². The zero-order valence-corrected chi connectivity index (χ0v) is 13.8. The summed E-state index contributed by atoms with van der Waals surface area (Å²) >= 11 is 0. The highest BCUT2D eigenvalue weighted by atomic mass is 15.1. The molecule has 1 aliphatic rings. The van der Waals surface area contributed by atoms with Crippen LogP contribution in [-0.4, -0.2) is 22.6 Å². The van der Waals surface area contributed by atoms with E-state index in [0.717, 1.165) is 42.8 Å². The molecule has 2 rings (SSSR count). The van der Waals surface area contributed by atoms with Gasteiger partial charge in [0, 0.05) is 25.1 Å². The van der Waals surface area contributed by atoms with Gasteiger partial charge in [0.1, 0.15) is 17.5 Å². The van der Waals surface area contributed by atoms with E-state index in [9.17, 15) is 0 Å². The van der Waals surface area contributed by atoms with Crippen molar-refractivity contribution < 1.29 is 0 Å². The van der Waals surface area contributed by atoms with Crippen molar-refractivity contribution in [2.75, 3.05) is 17.2 Å². The van der Waals surface area contributed by atoms with Gasteiger partial charge in [-0.3, -0.25) is 0 Å². The number of aryl methyl sites for hydroxylation is 1. The summed E-state index contributed by atoms with van der Waals surface area (Å²) in [4.78, 5) is 9.26. The maximum Gasteiger partial charge on any atom is 0.133 e. The van der Waals surface area contributed by atoms with Crippen LogP contribution in [0.25, 0.3) is 0 Å². The van der Waals surface area contributed by atoms with Gasteiger partial charge in [-0.25, -0.2) is 9.97 Å². The second-order valence-corrected chi connectivity index (χ2v) is 6.12. The highest BCUT2D eigenvalue weighted by molar-refractivity contribution is 5.48. The minimum Gasteiger partial charge on any atom is -0.370 e. The Morgan fingerprint density at radius 1 is 1.14 bits per heavy atom. The maximum atomic E-state index is 4.69. The van der Waals surface area contributed by atoms with Crippen molar-refractivity contribution in [2.45, 2.75) is 71.8 Å². The lowest BCUT2D eigenvalue weighted by Gasteiger charge is -2.29. The van der Waals surface area contributed by atoms with Crippen LogP contribution in [0.3, 0.4) is 0 Å². The van der Waals surface area contributed by atoms with Crippen LogP contribution in [0.4, 0.5) is 11.6 Å². The molecule has 118 valence electrons. The van der Waals surface area contributed by atoms with Crippen LogP contribution in [0.2, 0.25) is 0 Å². The Labute approximate surface area is 129 Å². The number of hydrogen-bond donors (Lipinski definition) is 2. The zero-order valence-electron chi connectivity index (χ0n) is 13.8. The molecule has 4 heteroatoms. The van der Waals surface area contributed by atoms with Crippen molar-refractivity contribution in [1.82, 2.24) is 9.97 Å². The Balaban J connectivity index is 2.06. The van der Waals surface area contributed by atoms with Crippen LogP contribution in [-0.2, 0) is 6.42 Å². The highest BCUT2D eigenvalue weighted by Crippen LogP contribution is 2.28. The molecule has 0 amide bonds. The van der Waals surface area contributed by atoms with Crippen molar-refractivity contribution in [3.05, 3.63) is 11.9 Å². The average molecular weight is 290 g/mol. The number of hydrogen-bond acceptors (Lipinski definition) is 4. The summed E-state index contributed by atoms with van der Waals surface area (Å²) < 4.78 is 0. The number of rotatable bonds is 7. The predicted octanol–water partition coefficient (Wildman–Crippen LogP) is 4.24. The van der Waals surface area contributed by atoms with E-state index < -0.39 is 0 Å². The Morgan fingerprint density at radius 3 is 2.67 bits per heavy atom. The average Bonchev–Trinajstić information content (AvgIpc) is 2.48. The van der Waals surface area contributed by atoms with Crippen molar-refractivity contribution in [3.63, 3.8) is 0 Å². The van der Waals surface area contributed by atoms with Gasteiger partial charge >= 0.3 is 0 Å². The molecule has 2 atom stereocenters. The van der Waals surface area contributed by atoms with Crippen LogP contribution in [0, 0.1) is 5.92 Å². The van der Waals surface area contributed by atoms with E-state index in [0.29, 0.717) is 6.04 Å². The highest BCUT2D eigenvalue weighted by Gasteiger charge is 2.21. The largest absolute Gasteiger partial charge is 0.370 e. The Morgan fingerprint density at radius 2 is 1.95 bits per heavy atom. The summed E-state index contributed by atoms with van der Waals surface area (Å²) in [5, 5.41) is 6.96. The normalized spacial score (nSPS) is 22.0. The fraction of sp³-hybridized carbons (Fsp3) is 0.765. The summed E-state index contributed by atoms with van der Waals surface area (Å²) in [5.41, 5.74) is 0. The predicted molar refractivity (Wildman–Crippen MR) is 89.9 cm³/mol. The van der Waals surface area contributed by atoms with Gasteiger partial charge in [-0.05, 0) is 32.1 Å². The van der Waals surface area contributed by atoms with Gasteiger partial charge in [-0.1, -0.05) is 33.1 Å². The van der Waals surface area contributed by atoms with E-state index in [1.54, 1.807) is 0 Å². The lowest BCUT2D eigenvalue weighted by Crippen LogP contribution is -2.27. The smallest absolute Gasteiger partial charge is 0.133 e. The minimum absolute atomic E-state index is 0.572. The first-order chi connectivity index (χ1) is 10.2. The third kappa shape index (κ3) is 4.87. The minimum atomic E-state index is 0.572. The number of nitrogens with one attached hydrogen (secondary N) is 2. The van der Waals surface area contributed by atoms with Crippen LogP contribution in [0.1, 0.15) is 65.1 Å². The molecule has 1 aliphatic carbocycles. The molecule has 1 heterocycles. The van der Waals surface area contributed by atoms with Gasteiger partial charge in [0.2, 0.25) is 0 Å². The molecule has 4 nitrogen and oxygen atoms in total. The Kier molecular flexibility index (Phi) is 6.27. The number of anilines is 2. The van der Waals surface area contributed by atoms with Crippen LogP contribution in [0.15, 0.2) is 6.07 Å². The van der Waals surface area contributed by atoms with E-state index in [2.05, 4.69) is 47.4 Å². The molecule has 0 saturated heterocycles. The van der Waals surface area contributed by atoms with Crippen LogP contribution in [0.5, 0.6) is 0 Å². The second-order valence-electron chi connectivity index (χ2n) is 6.12. The molecule has 0 aromatic carbocycles. The van der Waals surface area contributed by atoms with Crippen LogP contribution >= 0.6 is 0 Å². The van der Waals surface area contributed by atoms with Gasteiger partial charge in [0.05, 0.1) is 0 Å². The van der Waals surface area contributed by atoms with E-state index in [1.807, 2.05) is 0 Å². The summed E-state index contributed by atoms with van der Waals surface area (Å²) in [5.74, 6) is 3.76. The van der Waals surface area contributed by atoms with Crippen LogP contribution < -0.4 is 10.6 Å². The summed E-state index contributed by atoms with van der Waals surface area (Å²) in [6.45, 7) is 7.47. The molecule has 0 radical (unpaired) electrons. The molecule has 21 heavy (non-hydrogen) atoms. The molecule has 1 fully saturated rings. The van der Waals surface area contributed by atoms with Crippen molar-refractivity contribution in [3.8, 4) is 0 Å². The quantitative estimate of drug-likeness (QED) is 0.788. The summed E-state index contributed by atoms with van der Waals surface area (Å²) in [7, 11) is 0. The molecule has 0 spiro atoms. The molecular weight excluding hydrogens is 260 g/mol. The molecule has 0 bridgehead atoms. The fourth-order valence-electron chi connectivity index (χ4n) is 3.18. The molecule has 2 unspecified atom stereocenters. The van der Waals surface area contributed by atoms with Crippen molar-refractivity contribution in [1.29, 1.82) is 0 Å². The van der Waals surface area contributed by atoms with E-state index in [4.69, 9.17) is 0 Å². The van der Waals surface area contributed by atoms with Gasteiger partial charge < -0.3 is 10.6 Å². The van der Waals surface area contributed by atoms with Gasteiger partial charge in [0.25, 0.3) is 0 Å². The SMILES string of the molecule is CCCc1nc(NCC)cc(NC2CCCC(CC)C2)n1. The Hall–Kier alpha value is -1.32. The van der Waals surface area contributed by atoms with E-state index in [-0.39, 0.29) is 0 Å². The summed E-state index contributed by atoms with van der Waals surface area (Å²) in [6.07, 6.45) is 8.59. The third-order valence-electron chi connectivity index (χ3n) is 4.32. The first-order valence-electron chi connectivity index (χ1n) is 8.63. The number of nitrogens with zero attached hydrogens (tertiary/aromatic N) is 2. The first kappa shape index (κ1) is 16.1. The third-order valence-corrected chi connectivity index (χ3v) is 4.32.